The largest absolute Gasteiger partial charge is 0.354 e. The summed E-state index contributed by atoms with van der Waals surface area (Å²) in [6.07, 6.45) is 5.95. The number of halogens is 1. The third-order valence-corrected chi connectivity index (χ3v) is 4.36. The predicted octanol–water partition coefficient (Wildman–Crippen LogP) is 2.10. The SMILES string of the molecule is CC(C)C1(CNC(=O)[C@H]2CCCCN2)CC1.Cl. The molecule has 0 radical (unpaired) electrons. The molecule has 100 valence electrons. The van der Waals surface area contributed by atoms with Crippen LogP contribution in [0.25, 0.3) is 0 Å². The summed E-state index contributed by atoms with van der Waals surface area (Å²) in [4.78, 5) is 11.9. The monoisotopic (exact) mass is 260 g/mol. The van der Waals surface area contributed by atoms with E-state index in [4.69, 9.17) is 0 Å². The summed E-state index contributed by atoms with van der Waals surface area (Å²) >= 11 is 0. The number of hydrogen-bond donors (Lipinski definition) is 2. The highest BCUT2D eigenvalue weighted by Crippen LogP contribution is 2.51. The molecule has 0 aromatic heterocycles. The van der Waals surface area contributed by atoms with Crippen molar-refractivity contribution in [1.82, 2.24) is 10.6 Å². The van der Waals surface area contributed by atoms with Crippen molar-refractivity contribution in [3.63, 3.8) is 0 Å². The first-order valence-electron chi connectivity index (χ1n) is 6.65. The molecule has 2 rings (SSSR count). The molecule has 0 unspecified atom stereocenters. The van der Waals surface area contributed by atoms with Crippen molar-refractivity contribution >= 4 is 18.3 Å². The van der Waals surface area contributed by atoms with E-state index < -0.39 is 0 Å². The first kappa shape index (κ1) is 14.8. The second kappa shape index (κ2) is 6.05. The van der Waals surface area contributed by atoms with Gasteiger partial charge in [-0.3, -0.25) is 4.79 Å². The summed E-state index contributed by atoms with van der Waals surface area (Å²) in [5.74, 6) is 0.902. The van der Waals surface area contributed by atoms with E-state index in [0.29, 0.717) is 11.3 Å². The number of piperidine rings is 1. The molecule has 1 amide bonds. The van der Waals surface area contributed by atoms with E-state index in [1.807, 2.05) is 0 Å². The van der Waals surface area contributed by atoms with Crippen molar-refractivity contribution in [2.75, 3.05) is 13.1 Å². The minimum absolute atomic E-state index is 0. The Morgan fingerprint density at radius 2 is 2.12 bits per heavy atom. The number of nitrogens with one attached hydrogen (secondary N) is 2. The highest BCUT2D eigenvalue weighted by atomic mass is 35.5. The molecule has 0 spiro atoms. The fourth-order valence-electron chi connectivity index (χ4n) is 2.58. The summed E-state index contributed by atoms with van der Waals surface area (Å²) in [7, 11) is 0. The van der Waals surface area contributed by atoms with Crippen molar-refractivity contribution in [2.45, 2.75) is 52.0 Å². The van der Waals surface area contributed by atoms with Crippen LogP contribution in [0, 0.1) is 11.3 Å². The second-order valence-corrected chi connectivity index (χ2v) is 5.74. The van der Waals surface area contributed by atoms with Crippen LogP contribution >= 0.6 is 12.4 Å². The lowest BCUT2D eigenvalue weighted by molar-refractivity contribution is -0.124. The van der Waals surface area contributed by atoms with Crippen LogP contribution < -0.4 is 10.6 Å². The summed E-state index contributed by atoms with van der Waals surface area (Å²) in [6.45, 7) is 6.39. The summed E-state index contributed by atoms with van der Waals surface area (Å²) < 4.78 is 0. The molecule has 1 aliphatic carbocycles. The van der Waals surface area contributed by atoms with E-state index in [1.165, 1.54) is 25.7 Å². The van der Waals surface area contributed by atoms with Crippen LogP contribution in [0.2, 0.25) is 0 Å². The van der Waals surface area contributed by atoms with Gasteiger partial charge in [-0.2, -0.15) is 0 Å². The van der Waals surface area contributed by atoms with E-state index in [0.717, 1.165) is 19.5 Å². The molecule has 2 fully saturated rings. The molecule has 1 atom stereocenters. The van der Waals surface area contributed by atoms with Gasteiger partial charge in [0, 0.05) is 6.54 Å². The Balaban J connectivity index is 0.00000144. The van der Waals surface area contributed by atoms with Gasteiger partial charge in [0.2, 0.25) is 5.91 Å². The van der Waals surface area contributed by atoms with Gasteiger partial charge in [0.25, 0.3) is 0 Å². The van der Waals surface area contributed by atoms with E-state index >= 15 is 0 Å². The molecule has 1 saturated carbocycles. The highest BCUT2D eigenvalue weighted by molar-refractivity contribution is 5.85. The predicted molar refractivity (Wildman–Crippen MR) is 72.4 cm³/mol. The molecule has 1 aliphatic heterocycles. The Morgan fingerprint density at radius 3 is 2.59 bits per heavy atom. The Labute approximate surface area is 111 Å². The smallest absolute Gasteiger partial charge is 0.237 e. The minimum Gasteiger partial charge on any atom is -0.354 e. The van der Waals surface area contributed by atoms with E-state index in [-0.39, 0.29) is 24.4 Å². The lowest BCUT2D eigenvalue weighted by atomic mass is 9.92. The third kappa shape index (κ3) is 3.59. The maximum absolute atomic E-state index is 11.9. The molecule has 2 aliphatic rings. The van der Waals surface area contributed by atoms with Crippen molar-refractivity contribution < 1.29 is 4.79 Å². The Hall–Kier alpha value is -0.280. The van der Waals surface area contributed by atoms with Gasteiger partial charge >= 0.3 is 0 Å². The molecular formula is C13H25ClN2O. The van der Waals surface area contributed by atoms with Crippen LogP contribution in [0.4, 0.5) is 0 Å². The molecule has 0 bridgehead atoms. The van der Waals surface area contributed by atoms with Gasteiger partial charge in [0.15, 0.2) is 0 Å². The van der Waals surface area contributed by atoms with Crippen molar-refractivity contribution in [3.8, 4) is 0 Å². The molecule has 1 saturated heterocycles. The molecule has 2 N–H and O–H groups in total. The molecule has 1 heterocycles. The molecule has 3 nitrogen and oxygen atoms in total. The fraction of sp³-hybridized carbons (Fsp3) is 0.923. The summed E-state index contributed by atoms with van der Waals surface area (Å²) in [6, 6.07) is 0.0664. The topological polar surface area (TPSA) is 41.1 Å². The number of hydrogen-bond acceptors (Lipinski definition) is 2. The van der Waals surface area contributed by atoms with Crippen LogP contribution in [0.3, 0.4) is 0 Å². The Morgan fingerprint density at radius 1 is 1.41 bits per heavy atom. The molecule has 0 aromatic rings. The molecule has 4 heteroatoms. The molecule has 17 heavy (non-hydrogen) atoms. The first-order valence-corrected chi connectivity index (χ1v) is 6.65. The Kier molecular flexibility index (Phi) is 5.26. The zero-order valence-corrected chi connectivity index (χ0v) is 11.7. The van der Waals surface area contributed by atoms with Crippen molar-refractivity contribution in [3.05, 3.63) is 0 Å². The van der Waals surface area contributed by atoms with Crippen LogP contribution in [-0.2, 0) is 4.79 Å². The first-order chi connectivity index (χ1) is 7.64. The van der Waals surface area contributed by atoms with Gasteiger partial charge in [-0.15, -0.1) is 12.4 Å². The van der Waals surface area contributed by atoms with Crippen molar-refractivity contribution in [2.24, 2.45) is 11.3 Å². The molecule has 0 aromatic carbocycles. The van der Waals surface area contributed by atoms with E-state index in [2.05, 4.69) is 24.5 Å². The normalized spacial score (nSPS) is 26.2. The van der Waals surface area contributed by atoms with Crippen LogP contribution in [0.5, 0.6) is 0 Å². The molecular weight excluding hydrogens is 236 g/mol. The summed E-state index contributed by atoms with van der Waals surface area (Å²) in [5.41, 5.74) is 0.421. The van der Waals surface area contributed by atoms with E-state index in [9.17, 15) is 4.79 Å². The van der Waals surface area contributed by atoms with Crippen LogP contribution in [0.1, 0.15) is 46.0 Å². The number of carbonyl (C=O) groups excluding carboxylic acids is 1. The summed E-state index contributed by atoms with van der Waals surface area (Å²) in [5, 5.41) is 6.43. The van der Waals surface area contributed by atoms with Gasteiger partial charge in [-0.25, -0.2) is 0 Å². The zero-order chi connectivity index (χ0) is 11.6. The number of rotatable bonds is 4. The standard InChI is InChI=1S/C13H24N2O.ClH/c1-10(2)13(6-7-13)9-15-12(16)11-5-3-4-8-14-11;/h10-11,14H,3-9H2,1-2H3,(H,15,16);1H/t11-;/m1./s1. The zero-order valence-electron chi connectivity index (χ0n) is 10.9. The number of carbonyl (C=O) groups is 1. The van der Waals surface area contributed by atoms with Gasteiger partial charge < -0.3 is 10.6 Å². The second-order valence-electron chi connectivity index (χ2n) is 5.74. The van der Waals surface area contributed by atoms with Crippen molar-refractivity contribution in [1.29, 1.82) is 0 Å². The maximum atomic E-state index is 11.9. The fourth-order valence-corrected chi connectivity index (χ4v) is 2.58. The maximum Gasteiger partial charge on any atom is 0.237 e. The third-order valence-electron chi connectivity index (χ3n) is 4.36. The van der Waals surface area contributed by atoms with Gasteiger partial charge in [-0.05, 0) is 43.6 Å². The average molecular weight is 261 g/mol. The lowest BCUT2D eigenvalue weighted by Crippen LogP contribution is -2.48. The lowest BCUT2D eigenvalue weighted by Gasteiger charge is -2.25. The average Bonchev–Trinajstić information content (AvgIpc) is 3.08. The Bertz CT molecular complexity index is 258. The number of amides is 1. The van der Waals surface area contributed by atoms with Crippen LogP contribution in [0.15, 0.2) is 0 Å². The van der Waals surface area contributed by atoms with Gasteiger partial charge in [0.1, 0.15) is 0 Å². The highest BCUT2D eigenvalue weighted by Gasteiger charge is 2.45. The quantitative estimate of drug-likeness (QED) is 0.813. The van der Waals surface area contributed by atoms with Gasteiger partial charge in [0.05, 0.1) is 6.04 Å². The van der Waals surface area contributed by atoms with Gasteiger partial charge in [-0.1, -0.05) is 20.3 Å². The van der Waals surface area contributed by atoms with E-state index in [1.54, 1.807) is 0 Å². The minimum atomic E-state index is 0. The van der Waals surface area contributed by atoms with Crippen LogP contribution in [-0.4, -0.2) is 25.0 Å².